The fourth-order valence-corrected chi connectivity index (χ4v) is 4.01. The second kappa shape index (κ2) is 7.96. The molecule has 1 aliphatic heterocycles. The van der Waals surface area contributed by atoms with Gasteiger partial charge in [0.05, 0.1) is 0 Å². The third-order valence-corrected chi connectivity index (χ3v) is 5.10. The Bertz CT molecular complexity index is 522. The molecule has 0 aromatic heterocycles. The van der Waals surface area contributed by atoms with Gasteiger partial charge in [-0.1, -0.05) is 6.42 Å². The summed E-state index contributed by atoms with van der Waals surface area (Å²) in [6, 6.07) is 6.65. The van der Waals surface area contributed by atoms with E-state index in [0.717, 1.165) is 18.7 Å². The lowest BCUT2D eigenvalue weighted by atomic mass is 9.73. The van der Waals surface area contributed by atoms with E-state index in [9.17, 15) is 0 Å². The largest absolute Gasteiger partial charge is 0.486 e. The van der Waals surface area contributed by atoms with Crippen LogP contribution in [0.1, 0.15) is 31.2 Å². The molecule has 1 heterocycles. The molecule has 5 heteroatoms. The summed E-state index contributed by atoms with van der Waals surface area (Å²) in [5.41, 5.74) is 2.72. The van der Waals surface area contributed by atoms with E-state index in [4.69, 9.17) is 4.74 Å². The van der Waals surface area contributed by atoms with Gasteiger partial charge in [-0.3, -0.25) is 0 Å². The summed E-state index contributed by atoms with van der Waals surface area (Å²) in [5.74, 6) is 1.77. The highest BCUT2D eigenvalue weighted by atomic mass is 35.5. The van der Waals surface area contributed by atoms with Gasteiger partial charge in [0.1, 0.15) is 11.4 Å². The summed E-state index contributed by atoms with van der Waals surface area (Å²) in [6.45, 7) is 1.13. The molecule has 0 amide bonds. The zero-order chi connectivity index (χ0) is 15.0. The Morgan fingerprint density at radius 2 is 1.87 bits per heavy atom. The lowest BCUT2D eigenvalue weighted by molar-refractivity contribution is -0.0150. The smallest absolute Gasteiger partial charge is 0.123 e. The molecule has 0 radical (unpaired) electrons. The van der Waals surface area contributed by atoms with Gasteiger partial charge in [-0.2, -0.15) is 0 Å². The van der Waals surface area contributed by atoms with Crippen LogP contribution >= 0.6 is 24.8 Å². The third-order valence-electron chi connectivity index (χ3n) is 5.10. The molecule has 132 valence electrons. The molecular formula is C18H30Cl2N2O. The van der Waals surface area contributed by atoms with Gasteiger partial charge < -0.3 is 14.5 Å². The fraction of sp³-hybridized carbons (Fsp3) is 0.667. The first-order valence-electron chi connectivity index (χ1n) is 8.14. The Morgan fingerprint density at radius 3 is 2.52 bits per heavy atom. The standard InChI is InChI=1S/C18H28N2O.2ClH/c1-19(2)13-15-7-5-6-10-18(15)12-14-11-16(20(3)4)8-9-17(14)21-18;;/h8-9,11,15H,5-7,10,12-13H2,1-4H3;2*1H. The summed E-state index contributed by atoms with van der Waals surface area (Å²) in [5, 5.41) is 0. The van der Waals surface area contributed by atoms with Crippen LogP contribution in [0.5, 0.6) is 5.75 Å². The molecule has 1 fully saturated rings. The van der Waals surface area contributed by atoms with Crippen molar-refractivity contribution in [1.82, 2.24) is 4.90 Å². The molecule has 3 nitrogen and oxygen atoms in total. The first kappa shape index (κ1) is 20.4. The molecule has 2 aliphatic rings. The van der Waals surface area contributed by atoms with Crippen LogP contribution in [0, 0.1) is 5.92 Å². The number of nitrogens with zero attached hydrogens (tertiary/aromatic N) is 2. The molecular weight excluding hydrogens is 331 g/mol. The Morgan fingerprint density at radius 1 is 1.13 bits per heavy atom. The van der Waals surface area contributed by atoms with Gasteiger partial charge in [0, 0.05) is 44.2 Å². The molecule has 1 saturated carbocycles. The van der Waals surface area contributed by atoms with Crippen LogP contribution in [0.4, 0.5) is 5.69 Å². The van der Waals surface area contributed by atoms with Crippen molar-refractivity contribution in [3.63, 3.8) is 0 Å². The van der Waals surface area contributed by atoms with Crippen molar-refractivity contribution in [3.05, 3.63) is 23.8 Å². The van der Waals surface area contributed by atoms with Gasteiger partial charge in [0.2, 0.25) is 0 Å². The Hall–Kier alpha value is -0.640. The van der Waals surface area contributed by atoms with E-state index in [2.05, 4.69) is 56.2 Å². The molecule has 3 rings (SSSR count). The number of anilines is 1. The third kappa shape index (κ3) is 4.07. The molecule has 23 heavy (non-hydrogen) atoms. The van der Waals surface area contributed by atoms with Gasteiger partial charge in [-0.05, 0) is 51.6 Å². The Kier molecular flexibility index (Phi) is 7.06. The predicted molar refractivity (Wildman–Crippen MR) is 103 cm³/mol. The van der Waals surface area contributed by atoms with Crippen LogP contribution < -0.4 is 9.64 Å². The molecule has 0 bridgehead atoms. The van der Waals surface area contributed by atoms with Crippen molar-refractivity contribution in [2.75, 3.05) is 39.6 Å². The number of ether oxygens (including phenoxy) is 1. The molecule has 1 aliphatic carbocycles. The van der Waals surface area contributed by atoms with Crippen molar-refractivity contribution in [2.24, 2.45) is 5.92 Å². The van der Waals surface area contributed by atoms with Gasteiger partial charge in [0.25, 0.3) is 0 Å². The van der Waals surface area contributed by atoms with E-state index in [0.29, 0.717) is 5.92 Å². The number of benzene rings is 1. The molecule has 2 atom stereocenters. The average Bonchev–Trinajstić information content (AvgIpc) is 2.78. The van der Waals surface area contributed by atoms with Crippen LogP contribution in [0.3, 0.4) is 0 Å². The quantitative estimate of drug-likeness (QED) is 0.809. The van der Waals surface area contributed by atoms with Crippen LogP contribution in [-0.2, 0) is 6.42 Å². The lowest BCUT2D eigenvalue weighted by Crippen LogP contribution is -2.48. The number of hydrogen-bond acceptors (Lipinski definition) is 3. The molecule has 0 N–H and O–H groups in total. The monoisotopic (exact) mass is 360 g/mol. The van der Waals surface area contributed by atoms with Gasteiger partial charge >= 0.3 is 0 Å². The second-order valence-corrected chi connectivity index (χ2v) is 7.24. The Labute approximate surface area is 153 Å². The van der Waals surface area contributed by atoms with Crippen molar-refractivity contribution < 1.29 is 4.74 Å². The molecule has 1 aromatic rings. The predicted octanol–water partition coefficient (Wildman–Crippen LogP) is 4.02. The number of hydrogen-bond donors (Lipinski definition) is 0. The van der Waals surface area contributed by atoms with E-state index < -0.39 is 0 Å². The number of rotatable bonds is 3. The summed E-state index contributed by atoms with van der Waals surface area (Å²) in [4.78, 5) is 4.48. The zero-order valence-electron chi connectivity index (χ0n) is 14.7. The molecule has 2 unspecified atom stereocenters. The average molecular weight is 361 g/mol. The van der Waals surface area contributed by atoms with Crippen molar-refractivity contribution >= 4 is 30.5 Å². The number of fused-ring (bicyclic) bond motifs is 1. The summed E-state index contributed by atoms with van der Waals surface area (Å²) < 4.78 is 6.54. The molecule has 1 aromatic carbocycles. The van der Waals surface area contributed by atoms with Gasteiger partial charge in [-0.25, -0.2) is 0 Å². The van der Waals surface area contributed by atoms with Crippen molar-refractivity contribution in [1.29, 1.82) is 0 Å². The zero-order valence-corrected chi connectivity index (χ0v) is 16.3. The SMILES string of the molecule is CN(C)CC1CCCCC12Cc1cc(N(C)C)ccc1O2.Cl.Cl. The maximum absolute atomic E-state index is 6.54. The van der Waals surface area contributed by atoms with Crippen LogP contribution in [0.25, 0.3) is 0 Å². The highest BCUT2D eigenvalue weighted by Gasteiger charge is 2.47. The van der Waals surface area contributed by atoms with E-state index >= 15 is 0 Å². The summed E-state index contributed by atoms with van der Waals surface area (Å²) >= 11 is 0. The number of halogens is 2. The lowest BCUT2D eigenvalue weighted by Gasteiger charge is -2.41. The highest BCUT2D eigenvalue weighted by Crippen LogP contribution is 2.47. The van der Waals surface area contributed by atoms with Crippen LogP contribution in [0.15, 0.2) is 18.2 Å². The van der Waals surface area contributed by atoms with Gasteiger partial charge in [-0.15, -0.1) is 24.8 Å². The topological polar surface area (TPSA) is 15.7 Å². The first-order chi connectivity index (χ1) is 10.00. The molecule has 1 spiro atoms. The second-order valence-electron chi connectivity index (χ2n) is 7.24. The van der Waals surface area contributed by atoms with Crippen LogP contribution in [-0.4, -0.2) is 45.2 Å². The normalized spacial score (nSPS) is 25.3. The molecule has 0 saturated heterocycles. The fourth-order valence-electron chi connectivity index (χ4n) is 4.01. The summed E-state index contributed by atoms with van der Waals surface area (Å²) in [6.07, 6.45) is 6.24. The first-order valence-corrected chi connectivity index (χ1v) is 8.14. The van der Waals surface area contributed by atoms with E-state index in [1.165, 1.54) is 36.9 Å². The van der Waals surface area contributed by atoms with E-state index in [1.807, 2.05) is 0 Å². The Balaban J connectivity index is 0.00000132. The van der Waals surface area contributed by atoms with Crippen molar-refractivity contribution in [2.45, 2.75) is 37.7 Å². The highest BCUT2D eigenvalue weighted by molar-refractivity contribution is 5.85. The maximum atomic E-state index is 6.54. The van der Waals surface area contributed by atoms with Crippen molar-refractivity contribution in [3.8, 4) is 5.75 Å². The van der Waals surface area contributed by atoms with Crippen LogP contribution in [0.2, 0.25) is 0 Å². The summed E-state index contributed by atoms with van der Waals surface area (Å²) in [7, 11) is 8.55. The minimum Gasteiger partial charge on any atom is -0.486 e. The maximum Gasteiger partial charge on any atom is 0.123 e. The van der Waals surface area contributed by atoms with E-state index in [1.54, 1.807) is 0 Å². The van der Waals surface area contributed by atoms with Gasteiger partial charge in [0.15, 0.2) is 0 Å². The minimum absolute atomic E-state index is 0. The van der Waals surface area contributed by atoms with E-state index in [-0.39, 0.29) is 30.4 Å². The minimum atomic E-state index is 0.